The van der Waals surface area contributed by atoms with Crippen LogP contribution in [0.3, 0.4) is 0 Å². The Morgan fingerprint density at radius 3 is 2.63 bits per heavy atom. The minimum atomic E-state index is 0.355. The Bertz CT molecular complexity index is 407. The van der Waals surface area contributed by atoms with E-state index in [0.29, 0.717) is 11.8 Å². The molecule has 2 aliphatic heterocycles. The summed E-state index contributed by atoms with van der Waals surface area (Å²) in [7, 11) is 0. The highest BCUT2D eigenvalue weighted by Crippen LogP contribution is 2.31. The molecule has 0 spiro atoms. The van der Waals surface area contributed by atoms with Crippen molar-refractivity contribution in [2.75, 3.05) is 24.6 Å². The Balaban J connectivity index is 1.56. The standard InChI is InChI=1S/C14H23N3OS/c1-10(2)13-15-14(18-16-13)11-3-6-17(7-4-11)12-5-8-19-9-12/h10-12H,3-9H2,1-2H3. The van der Waals surface area contributed by atoms with Gasteiger partial charge >= 0.3 is 0 Å². The molecule has 2 saturated heterocycles. The number of hydrogen-bond acceptors (Lipinski definition) is 5. The van der Waals surface area contributed by atoms with Gasteiger partial charge < -0.3 is 4.52 Å². The minimum absolute atomic E-state index is 0.355. The highest BCUT2D eigenvalue weighted by atomic mass is 32.2. The van der Waals surface area contributed by atoms with Crippen LogP contribution in [-0.4, -0.2) is 45.7 Å². The summed E-state index contributed by atoms with van der Waals surface area (Å²) in [5, 5.41) is 4.08. The second kappa shape index (κ2) is 5.83. The van der Waals surface area contributed by atoms with E-state index in [2.05, 4.69) is 40.6 Å². The maximum Gasteiger partial charge on any atom is 0.229 e. The van der Waals surface area contributed by atoms with E-state index in [0.717, 1.165) is 17.8 Å². The van der Waals surface area contributed by atoms with Crippen molar-refractivity contribution in [2.45, 2.75) is 51.0 Å². The molecular formula is C14H23N3OS. The number of hydrogen-bond donors (Lipinski definition) is 0. The second-order valence-corrected chi connectivity index (χ2v) is 7.12. The van der Waals surface area contributed by atoms with Crippen molar-refractivity contribution in [2.24, 2.45) is 0 Å². The lowest BCUT2D eigenvalue weighted by molar-refractivity contribution is 0.154. The van der Waals surface area contributed by atoms with Crippen molar-refractivity contribution >= 4 is 11.8 Å². The lowest BCUT2D eigenvalue weighted by Crippen LogP contribution is -2.41. The largest absolute Gasteiger partial charge is 0.339 e. The number of rotatable bonds is 3. The SMILES string of the molecule is CC(C)c1noc(C2CCN(C3CCSC3)CC2)n1. The fraction of sp³-hybridized carbons (Fsp3) is 0.857. The molecule has 3 rings (SSSR count). The van der Waals surface area contributed by atoms with Gasteiger partial charge in [0.1, 0.15) is 0 Å². The van der Waals surface area contributed by atoms with E-state index in [1.54, 1.807) is 0 Å². The van der Waals surface area contributed by atoms with E-state index in [9.17, 15) is 0 Å². The molecule has 0 saturated carbocycles. The molecule has 1 aromatic rings. The summed E-state index contributed by atoms with van der Waals surface area (Å²) in [4.78, 5) is 7.22. The summed E-state index contributed by atoms with van der Waals surface area (Å²) >= 11 is 2.10. The molecule has 0 aromatic carbocycles. The zero-order valence-electron chi connectivity index (χ0n) is 11.8. The van der Waals surface area contributed by atoms with Gasteiger partial charge in [-0.25, -0.2) is 0 Å². The number of likely N-dealkylation sites (tertiary alicyclic amines) is 1. The maximum atomic E-state index is 5.44. The first-order valence-electron chi connectivity index (χ1n) is 7.39. The molecule has 4 nitrogen and oxygen atoms in total. The molecule has 0 N–H and O–H groups in total. The zero-order valence-corrected chi connectivity index (χ0v) is 12.7. The lowest BCUT2D eigenvalue weighted by Gasteiger charge is -2.34. The molecule has 106 valence electrons. The van der Waals surface area contributed by atoms with Gasteiger partial charge in [-0.2, -0.15) is 16.7 Å². The van der Waals surface area contributed by atoms with E-state index in [1.165, 1.54) is 43.9 Å². The predicted molar refractivity (Wildman–Crippen MR) is 77.7 cm³/mol. The molecule has 0 amide bonds. The molecule has 1 aromatic heterocycles. The van der Waals surface area contributed by atoms with Gasteiger partial charge in [-0.05, 0) is 38.1 Å². The van der Waals surface area contributed by atoms with Gasteiger partial charge in [0.15, 0.2) is 5.82 Å². The Morgan fingerprint density at radius 1 is 1.26 bits per heavy atom. The molecule has 2 aliphatic rings. The summed E-state index contributed by atoms with van der Waals surface area (Å²) in [5.74, 6) is 5.21. The first kappa shape index (κ1) is 13.4. The van der Waals surface area contributed by atoms with Gasteiger partial charge in [0, 0.05) is 23.6 Å². The fourth-order valence-corrected chi connectivity index (χ4v) is 4.22. The summed E-state index contributed by atoms with van der Waals surface area (Å²) in [6, 6.07) is 0.819. The van der Waals surface area contributed by atoms with Crippen molar-refractivity contribution < 1.29 is 4.52 Å². The number of piperidine rings is 1. The molecule has 0 aliphatic carbocycles. The van der Waals surface area contributed by atoms with Crippen LogP contribution in [-0.2, 0) is 0 Å². The Morgan fingerprint density at radius 2 is 2.05 bits per heavy atom. The first-order chi connectivity index (χ1) is 9.24. The third kappa shape index (κ3) is 2.97. The Hall–Kier alpha value is -0.550. The topological polar surface area (TPSA) is 42.2 Å². The third-order valence-corrected chi connectivity index (χ3v) is 5.42. The van der Waals surface area contributed by atoms with E-state index in [-0.39, 0.29) is 0 Å². The highest BCUT2D eigenvalue weighted by Gasteiger charge is 2.30. The summed E-state index contributed by atoms with van der Waals surface area (Å²) in [6.45, 7) is 6.59. The van der Waals surface area contributed by atoms with Crippen LogP contribution in [0.15, 0.2) is 4.52 Å². The quantitative estimate of drug-likeness (QED) is 0.852. The minimum Gasteiger partial charge on any atom is -0.339 e. The van der Waals surface area contributed by atoms with Crippen LogP contribution in [0, 0.1) is 0 Å². The average molecular weight is 281 g/mol. The van der Waals surface area contributed by atoms with Gasteiger partial charge in [0.25, 0.3) is 0 Å². The Kier molecular flexibility index (Phi) is 4.12. The molecule has 3 heterocycles. The number of aromatic nitrogens is 2. The van der Waals surface area contributed by atoms with Gasteiger partial charge in [-0.3, -0.25) is 4.90 Å². The number of thioether (sulfide) groups is 1. The molecule has 1 unspecified atom stereocenters. The lowest BCUT2D eigenvalue weighted by atomic mass is 9.95. The third-order valence-electron chi connectivity index (χ3n) is 4.27. The van der Waals surface area contributed by atoms with E-state index < -0.39 is 0 Å². The molecule has 5 heteroatoms. The molecule has 0 bridgehead atoms. The van der Waals surface area contributed by atoms with E-state index in [1.807, 2.05) is 0 Å². The zero-order chi connectivity index (χ0) is 13.2. The van der Waals surface area contributed by atoms with Crippen LogP contribution in [0.25, 0.3) is 0 Å². The van der Waals surface area contributed by atoms with Crippen LogP contribution in [0.5, 0.6) is 0 Å². The van der Waals surface area contributed by atoms with Crippen molar-refractivity contribution in [3.8, 4) is 0 Å². The van der Waals surface area contributed by atoms with Gasteiger partial charge in [0.05, 0.1) is 0 Å². The predicted octanol–water partition coefficient (Wildman–Crippen LogP) is 2.88. The molecule has 19 heavy (non-hydrogen) atoms. The van der Waals surface area contributed by atoms with E-state index >= 15 is 0 Å². The normalized spacial score (nSPS) is 26.4. The molecular weight excluding hydrogens is 258 g/mol. The summed E-state index contributed by atoms with van der Waals surface area (Å²) < 4.78 is 5.44. The molecule has 2 fully saturated rings. The van der Waals surface area contributed by atoms with Crippen LogP contribution in [0.4, 0.5) is 0 Å². The maximum absolute atomic E-state index is 5.44. The van der Waals surface area contributed by atoms with Crippen molar-refractivity contribution in [1.82, 2.24) is 15.0 Å². The smallest absolute Gasteiger partial charge is 0.229 e. The van der Waals surface area contributed by atoms with Gasteiger partial charge in [0.2, 0.25) is 5.89 Å². The number of nitrogens with zero attached hydrogens (tertiary/aromatic N) is 3. The first-order valence-corrected chi connectivity index (χ1v) is 8.55. The van der Waals surface area contributed by atoms with Gasteiger partial charge in [-0.1, -0.05) is 19.0 Å². The monoisotopic (exact) mass is 281 g/mol. The van der Waals surface area contributed by atoms with Crippen LogP contribution >= 0.6 is 11.8 Å². The van der Waals surface area contributed by atoms with Crippen molar-refractivity contribution in [3.63, 3.8) is 0 Å². The van der Waals surface area contributed by atoms with Crippen LogP contribution < -0.4 is 0 Å². The molecule has 1 atom stereocenters. The van der Waals surface area contributed by atoms with Gasteiger partial charge in [-0.15, -0.1) is 0 Å². The fourth-order valence-electron chi connectivity index (χ4n) is 2.97. The van der Waals surface area contributed by atoms with Crippen molar-refractivity contribution in [3.05, 3.63) is 11.7 Å². The van der Waals surface area contributed by atoms with Crippen LogP contribution in [0.2, 0.25) is 0 Å². The van der Waals surface area contributed by atoms with Crippen LogP contribution in [0.1, 0.15) is 56.7 Å². The molecule has 0 radical (unpaired) electrons. The summed E-state index contributed by atoms with van der Waals surface area (Å²) in [5.41, 5.74) is 0. The highest BCUT2D eigenvalue weighted by molar-refractivity contribution is 7.99. The average Bonchev–Trinajstić information content (AvgIpc) is 3.11. The van der Waals surface area contributed by atoms with Crippen molar-refractivity contribution in [1.29, 1.82) is 0 Å². The van der Waals surface area contributed by atoms with E-state index in [4.69, 9.17) is 4.52 Å². The summed E-state index contributed by atoms with van der Waals surface area (Å²) in [6.07, 6.45) is 3.70. The Labute approximate surface area is 119 Å². The second-order valence-electron chi connectivity index (χ2n) is 5.97.